The van der Waals surface area contributed by atoms with Crippen LogP contribution in [-0.4, -0.2) is 34.1 Å². The minimum absolute atomic E-state index is 0.147. The van der Waals surface area contributed by atoms with Gasteiger partial charge in [0.05, 0.1) is 19.3 Å². The van der Waals surface area contributed by atoms with E-state index in [4.69, 9.17) is 9.47 Å². The molecule has 0 aromatic heterocycles. The van der Waals surface area contributed by atoms with Gasteiger partial charge in [0.1, 0.15) is 11.5 Å². The summed E-state index contributed by atoms with van der Waals surface area (Å²) < 4.78 is 12.2. The third-order valence-electron chi connectivity index (χ3n) is 5.39. The Bertz CT molecular complexity index is 519. The number of ether oxygens (including phenoxy) is 2. The minimum Gasteiger partial charge on any atom is -0.387 e. The molecule has 3 rings (SSSR count). The van der Waals surface area contributed by atoms with Gasteiger partial charge < -0.3 is 14.6 Å². The fourth-order valence-corrected chi connectivity index (χ4v) is 5.46. The monoisotopic (exact) mass is 350 g/mol. The Balaban J connectivity index is 1.54. The van der Waals surface area contributed by atoms with Gasteiger partial charge in [-0.05, 0) is 30.2 Å². The second-order valence-corrected chi connectivity index (χ2v) is 9.61. The lowest BCUT2D eigenvalue weighted by atomic mass is 9.75. The quantitative estimate of drug-likeness (QED) is 0.862. The van der Waals surface area contributed by atoms with Crippen LogP contribution in [0.2, 0.25) is 0 Å². The topological polar surface area (TPSA) is 38.7 Å². The third kappa shape index (κ3) is 4.34. The number of hydrogen-bond donors (Lipinski definition) is 1. The van der Waals surface area contributed by atoms with E-state index in [1.165, 1.54) is 12.8 Å². The van der Waals surface area contributed by atoms with E-state index >= 15 is 0 Å². The molecule has 3 nitrogen and oxygen atoms in total. The van der Waals surface area contributed by atoms with Crippen molar-refractivity contribution in [2.75, 3.05) is 6.61 Å². The molecule has 2 aliphatic rings. The highest BCUT2D eigenvalue weighted by Crippen LogP contribution is 2.50. The van der Waals surface area contributed by atoms with Gasteiger partial charge in [-0.15, -0.1) is 11.8 Å². The molecular weight excluding hydrogens is 320 g/mol. The van der Waals surface area contributed by atoms with E-state index in [2.05, 4.69) is 20.8 Å². The largest absolute Gasteiger partial charge is 0.387 e. The molecule has 1 aliphatic carbocycles. The standard InChI is InChI=1S/C20H30O3S/c1-14-9-10-16-18(11-14)23-19(24-20(16,2)3)17(21)13-22-12-15-7-5-4-6-8-15/h4-8,14,16-19,21H,9-13H2,1-3H3/t14-,16-,17?,18-,19-/m1/s1. The van der Waals surface area contributed by atoms with Crippen molar-refractivity contribution in [1.29, 1.82) is 0 Å². The first kappa shape index (κ1) is 18.2. The minimum atomic E-state index is -0.587. The molecule has 0 bridgehead atoms. The van der Waals surface area contributed by atoms with Crippen LogP contribution in [0.3, 0.4) is 0 Å². The second-order valence-electron chi connectivity index (χ2n) is 7.86. The maximum Gasteiger partial charge on any atom is 0.132 e. The van der Waals surface area contributed by atoms with E-state index in [1.807, 2.05) is 30.3 Å². The second kappa shape index (κ2) is 7.77. The predicted molar refractivity (Wildman–Crippen MR) is 98.9 cm³/mol. The number of aliphatic hydroxyl groups excluding tert-OH is 1. The van der Waals surface area contributed by atoms with Gasteiger partial charge >= 0.3 is 0 Å². The summed E-state index contributed by atoms with van der Waals surface area (Å²) in [6.45, 7) is 7.76. The molecule has 5 atom stereocenters. The van der Waals surface area contributed by atoms with Gasteiger partial charge in [-0.2, -0.15) is 0 Å². The zero-order valence-corrected chi connectivity index (χ0v) is 15.8. The first-order chi connectivity index (χ1) is 11.5. The van der Waals surface area contributed by atoms with Crippen LogP contribution in [0.4, 0.5) is 0 Å². The molecule has 1 unspecified atom stereocenters. The summed E-state index contributed by atoms with van der Waals surface area (Å²) in [5.74, 6) is 1.31. The van der Waals surface area contributed by atoms with Crippen molar-refractivity contribution in [1.82, 2.24) is 0 Å². The van der Waals surface area contributed by atoms with E-state index < -0.39 is 6.10 Å². The lowest BCUT2D eigenvalue weighted by Gasteiger charge is -2.50. The van der Waals surface area contributed by atoms with E-state index in [-0.39, 0.29) is 16.3 Å². The Morgan fingerprint density at radius 3 is 2.79 bits per heavy atom. The van der Waals surface area contributed by atoms with Crippen molar-refractivity contribution in [3.8, 4) is 0 Å². The average molecular weight is 351 g/mol. The Morgan fingerprint density at radius 1 is 1.29 bits per heavy atom. The number of fused-ring (bicyclic) bond motifs is 1. The highest BCUT2D eigenvalue weighted by atomic mass is 32.2. The molecule has 1 saturated heterocycles. The number of aliphatic hydroxyl groups is 1. The van der Waals surface area contributed by atoms with Gasteiger partial charge in [-0.1, -0.05) is 57.5 Å². The predicted octanol–water partition coefficient (Wildman–Crippen LogP) is 4.24. The molecule has 1 N–H and O–H groups in total. The summed E-state index contributed by atoms with van der Waals surface area (Å²) >= 11 is 1.78. The van der Waals surface area contributed by atoms with Crippen molar-refractivity contribution in [3.05, 3.63) is 35.9 Å². The number of thioether (sulfide) groups is 1. The summed E-state index contributed by atoms with van der Waals surface area (Å²) in [6, 6.07) is 10.1. The molecule has 134 valence electrons. The van der Waals surface area contributed by atoms with Gasteiger partial charge in [-0.3, -0.25) is 0 Å². The van der Waals surface area contributed by atoms with Crippen LogP contribution in [0.15, 0.2) is 30.3 Å². The molecule has 1 aromatic carbocycles. The molecule has 4 heteroatoms. The molecule has 2 fully saturated rings. The number of hydrogen-bond acceptors (Lipinski definition) is 4. The molecule has 1 aromatic rings. The zero-order chi connectivity index (χ0) is 17.2. The maximum atomic E-state index is 10.6. The molecule has 0 spiro atoms. The van der Waals surface area contributed by atoms with E-state index in [0.29, 0.717) is 19.1 Å². The Kier molecular flexibility index (Phi) is 5.91. The van der Waals surface area contributed by atoms with Crippen LogP contribution < -0.4 is 0 Å². The summed E-state index contributed by atoms with van der Waals surface area (Å²) in [7, 11) is 0. The molecule has 24 heavy (non-hydrogen) atoms. The lowest BCUT2D eigenvalue weighted by molar-refractivity contribution is -0.108. The van der Waals surface area contributed by atoms with Crippen molar-refractivity contribution >= 4 is 11.8 Å². The normalized spacial score (nSPS) is 33.7. The molecule has 1 heterocycles. The first-order valence-electron chi connectivity index (χ1n) is 9.08. The Hall–Kier alpha value is -0.550. The van der Waals surface area contributed by atoms with Crippen molar-refractivity contribution in [2.24, 2.45) is 11.8 Å². The summed E-state index contributed by atoms with van der Waals surface area (Å²) in [5, 5.41) is 10.6. The Morgan fingerprint density at radius 2 is 2.04 bits per heavy atom. The highest BCUT2D eigenvalue weighted by molar-refractivity contribution is 8.01. The van der Waals surface area contributed by atoms with Gasteiger partial charge in [0, 0.05) is 4.75 Å². The molecule has 0 amide bonds. The van der Waals surface area contributed by atoms with E-state index in [9.17, 15) is 5.11 Å². The van der Waals surface area contributed by atoms with Crippen LogP contribution in [0.25, 0.3) is 0 Å². The van der Waals surface area contributed by atoms with E-state index in [1.54, 1.807) is 11.8 Å². The smallest absolute Gasteiger partial charge is 0.132 e. The average Bonchev–Trinajstić information content (AvgIpc) is 2.54. The zero-order valence-electron chi connectivity index (χ0n) is 15.0. The SMILES string of the molecule is C[C@@H]1CC[C@@H]2[C@@H](C1)O[C@@H](C(O)COCc1ccccc1)SC2(C)C. The summed E-state index contributed by atoms with van der Waals surface area (Å²) in [6.07, 6.45) is 3.33. The van der Waals surface area contributed by atoms with Crippen LogP contribution in [0, 0.1) is 11.8 Å². The van der Waals surface area contributed by atoms with Crippen LogP contribution in [-0.2, 0) is 16.1 Å². The fraction of sp³-hybridized carbons (Fsp3) is 0.700. The number of benzene rings is 1. The van der Waals surface area contributed by atoms with Crippen LogP contribution in [0.5, 0.6) is 0 Å². The number of rotatable bonds is 5. The molecule has 0 radical (unpaired) electrons. The van der Waals surface area contributed by atoms with Crippen molar-refractivity contribution < 1.29 is 14.6 Å². The summed E-state index contributed by atoms with van der Waals surface area (Å²) in [4.78, 5) is 0. The van der Waals surface area contributed by atoms with Crippen molar-refractivity contribution in [3.63, 3.8) is 0 Å². The molecular formula is C20H30O3S. The Labute approximate surface area is 150 Å². The van der Waals surface area contributed by atoms with Crippen molar-refractivity contribution in [2.45, 2.75) is 69.0 Å². The fourth-order valence-electron chi connectivity index (χ4n) is 3.98. The molecule has 1 saturated carbocycles. The van der Waals surface area contributed by atoms with Crippen LogP contribution >= 0.6 is 11.8 Å². The third-order valence-corrected chi connectivity index (χ3v) is 6.96. The first-order valence-corrected chi connectivity index (χ1v) is 9.96. The maximum absolute atomic E-state index is 10.6. The lowest BCUT2D eigenvalue weighted by Crippen LogP contribution is -2.52. The van der Waals surface area contributed by atoms with Gasteiger partial charge in [0.25, 0.3) is 0 Å². The van der Waals surface area contributed by atoms with Gasteiger partial charge in [0.15, 0.2) is 0 Å². The highest BCUT2D eigenvalue weighted by Gasteiger charge is 2.47. The van der Waals surface area contributed by atoms with Crippen LogP contribution in [0.1, 0.15) is 45.6 Å². The van der Waals surface area contributed by atoms with E-state index in [0.717, 1.165) is 17.9 Å². The molecule has 1 aliphatic heterocycles. The van der Waals surface area contributed by atoms with Gasteiger partial charge in [-0.25, -0.2) is 0 Å². The summed E-state index contributed by atoms with van der Waals surface area (Å²) in [5.41, 5.74) is 0.936. The van der Waals surface area contributed by atoms with Gasteiger partial charge in [0.2, 0.25) is 0 Å².